The second-order valence-corrected chi connectivity index (χ2v) is 42.2. The molecule has 5 heterocycles. The number of aryl methyl sites for hydroxylation is 6. The average molecular weight is 2290 g/mol. The van der Waals surface area contributed by atoms with Gasteiger partial charge in [-0.1, -0.05) is 140 Å². The van der Waals surface area contributed by atoms with Crippen molar-refractivity contribution in [3.05, 3.63) is 213 Å². The van der Waals surface area contributed by atoms with Crippen LogP contribution in [0.2, 0.25) is 0 Å². The summed E-state index contributed by atoms with van der Waals surface area (Å²) in [6.07, 6.45) is -0.632. The Hall–Kier alpha value is -10.8. The molecule has 0 bridgehead atoms. The summed E-state index contributed by atoms with van der Waals surface area (Å²) in [7, 11) is 12.8. The molecular weight excluding hydrogens is 2130 g/mol. The van der Waals surface area contributed by atoms with Gasteiger partial charge in [-0.15, -0.1) is 0 Å². The highest BCUT2D eigenvalue weighted by Gasteiger charge is 2.39. The van der Waals surface area contributed by atoms with Crippen molar-refractivity contribution >= 4 is 89.0 Å². The van der Waals surface area contributed by atoms with E-state index in [0.29, 0.717) is 138 Å². The van der Waals surface area contributed by atoms with Crippen LogP contribution in [0.5, 0.6) is 74.7 Å². The molecule has 828 valence electrons. The van der Waals surface area contributed by atoms with Crippen LogP contribution in [0.3, 0.4) is 0 Å². The van der Waals surface area contributed by atoms with Crippen LogP contribution in [0.1, 0.15) is 174 Å². The molecule has 5 aliphatic heterocycles. The summed E-state index contributed by atoms with van der Waals surface area (Å²) in [4.78, 5) is 38.4. The number of phenolic OH excluding ortho intramolecular Hbond substituents is 3. The Bertz CT molecular complexity index is 5740. The lowest BCUT2D eigenvalue weighted by Gasteiger charge is -2.36. The third kappa shape index (κ3) is 38.2. The summed E-state index contributed by atoms with van der Waals surface area (Å²) < 4.78 is 102. The van der Waals surface area contributed by atoms with Crippen LogP contribution in [0, 0.1) is 63.2 Å². The Morgan fingerprint density at radius 1 is 0.453 bits per heavy atom. The van der Waals surface area contributed by atoms with E-state index in [-0.39, 0.29) is 128 Å². The molecule has 3 atom stereocenters. The van der Waals surface area contributed by atoms with Gasteiger partial charge in [0.1, 0.15) is 55.4 Å². The number of carbonyl (C=O) groups excluding carboxylic acids is 3. The molecule has 1 amide bonds. The molecule has 4 fully saturated rings. The largest absolute Gasteiger partial charge is 0.504 e. The molecule has 0 saturated carbocycles. The fourth-order valence-corrected chi connectivity index (χ4v) is 16.6. The minimum Gasteiger partial charge on any atom is -0.504 e. The number of benzene rings is 9. The highest BCUT2D eigenvalue weighted by atomic mass is 79.9. The van der Waals surface area contributed by atoms with E-state index in [1.54, 1.807) is 90.8 Å². The maximum Gasteiger partial charge on any atom is 0.254 e. The lowest BCUT2D eigenvalue weighted by molar-refractivity contribution is -0.227. The van der Waals surface area contributed by atoms with Crippen LogP contribution >= 0.6 is 47.8 Å². The van der Waals surface area contributed by atoms with Gasteiger partial charge in [-0.25, -0.2) is 0 Å². The second-order valence-electron chi connectivity index (χ2n) is 39.6. The molecule has 14 rings (SSSR count). The fraction of sp³-hybridized carbons (Fsp3) is 0.486. The fourth-order valence-electron chi connectivity index (χ4n) is 15.1. The molecule has 9 aromatic rings. The van der Waals surface area contributed by atoms with Gasteiger partial charge in [0.2, 0.25) is 0 Å². The predicted molar refractivity (Wildman–Crippen MR) is 586 cm³/mol. The number of hydrogen-bond donors (Lipinski definition) is 13. The van der Waals surface area contributed by atoms with Crippen molar-refractivity contribution in [2.45, 2.75) is 160 Å². The maximum absolute atomic E-state index is 12.5. The van der Waals surface area contributed by atoms with E-state index in [4.69, 9.17) is 113 Å². The first-order valence-electron chi connectivity index (χ1n) is 48.8. The van der Waals surface area contributed by atoms with Gasteiger partial charge < -0.3 is 164 Å². The van der Waals surface area contributed by atoms with E-state index < -0.39 is 37.2 Å². The second kappa shape index (κ2) is 61.2. The predicted octanol–water partition coefficient (Wildman–Crippen LogP) is 17.5. The van der Waals surface area contributed by atoms with Gasteiger partial charge in [-0.3, -0.25) is 14.4 Å². The van der Waals surface area contributed by atoms with Crippen molar-refractivity contribution in [2.75, 3.05) is 198 Å². The van der Waals surface area contributed by atoms with Crippen LogP contribution in [-0.2, 0) is 44.4 Å². The molecule has 9 aromatic carbocycles. The Kier molecular flexibility index (Phi) is 51.5. The van der Waals surface area contributed by atoms with Gasteiger partial charge in [-0.05, 0) is 204 Å². The quantitative estimate of drug-likeness (QED) is 0.00996. The number of likely N-dealkylation sites (tertiary alicyclic amines) is 1. The van der Waals surface area contributed by atoms with Crippen LogP contribution in [0.15, 0.2) is 141 Å². The number of nitrogens with one attached hydrogen (secondary N) is 2. The zero-order valence-corrected chi connectivity index (χ0v) is 94.8. The van der Waals surface area contributed by atoms with E-state index in [9.17, 15) is 45.0 Å². The lowest BCUT2D eigenvalue weighted by Crippen LogP contribution is -2.43. The smallest absolute Gasteiger partial charge is 0.254 e. The molecule has 150 heavy (non-hydrogen) atoms. The molecule has 36 nitrogen and oxygen atoms in total. The van der Waals surface area contributed by atoms with Crippen LogP contribution < -0.4 is 75.2 Å². The Labute approximate surface area is 906 Å². The Balaban J connectivity index is 0.000000239. The molecule has 0 spiro atoms. The summed E-state index contributed by atoms with van der Waals surface area (Å²) in [5.41, 5.74) is 29.4. The minimum absolute atomic E-state index is 0.00252. The summed E-state index contributed by atoms with van der Waals surface area (Å²) in [6, 6.07) is 38.9. The summed E-state index contributed by atoms with van der Waals surface area (Å²) in [5.74, 6) is 5.18. The number of amides is 1. The lowest BCUT2D eigenvalue weighted by atomic mass is 9.95. The van der Waals surface area contributed by atoms with Crippen LogP contribution in [0.4, 0.5) is 22.7 Å². The first-order valence-corrected chi connectivity index (χ1v) is 51.1. The van der Waals surface area contributed by atoms with Crippen molar-refractivity contribution in [3.63, 3.8) is 0 Å². The molecule has 5 aliphatic rings. The monoisotopic (exact) mass is 2290 g/mol. The molecule has 39 heteroatoms. The van der Waals surface area contributed by atoms with Crippen LogP contribution in [0.25, 0.3) is 0 Å². The zero-order chi connectivity index (χ0) is 111. The molecule has 0 unspecified atom stereocenters. The molecular formula is C111H154Br3N7O29. The number of hydrogen-bond acceptors (Lipinski definition) is 35. The standard InChI is InChI=1S/C26H37NO7.C19H23NO5.C15H21BrO5.C14H20N4O.C13H17BrO4.C11H17NO2.C8H7BrO3.C5H12O2/c1-17-7-9-21(18(2)11-17)31-13-19(28)12-27-20-8-10-22(30-6)24(34-16-29-5)23(20)25-32-14-26(3,4)15-33-25;1-12-4-6-17(13(2)8-12)25-11-14(22)9-20-16-5-7-18(24-3)19(23)15(16)10-21;1-15(2)7-19-14(20-8-15)12-10(16)5-6-11(18-4)13(12)21-9-17-3;1-17-4-2-10(3-5-17)18-8-9-6-12(15)13(16)7-11(9)14(18)19;1-13(2)6-17-12(18-7-13)10-8(14)4-5-9(16-3)11(10)15;1-8-3-4-11(9(2)5-8)14-7-10(13)6-12;1-12-7-3-2-6(9)5(4-10)8(7)11;1-5(2,3-6)4-7/h7-11,19,25,27-28H,12-16H2,1-6H3;4-8,10,14,20,22-23H,9,11H2,1-3H3;5-6,14H,7-9H2,1-4H3;6-7,10H,2-5,8,15-16H2,1H3;4-5,12,15H,6-7H2,1-3H3;3-5,10,13H,6-7,12H2,1-2H3;2-4,11H,1H3;6-7H,3-4H2,1-2H3/t19-;14-;;;;10-;;/m11...1../s1. The Morgan fingerprint density at radius 2 is 0.800 bits per heavy atom. The number of fused-ring (bicyclic) bond motifs is 1. The van der Waals surface area contributed by atoms with Crippen molar-refractivity contribution in [2.24, 2.45) is 27.4 Å². The highest BCUT2D eigenvalue weighted by molar-refractivity contribution is 9.11. The van der Waals surface area contributed by atoms with Gasteiger partial charge in [-0.2, -0.15) is 0 Å². The number of phenols is 3. The van der Waals surface area contributed by atoms with Gasteiger partial charge in [0.15, 0.2) is 103 Å². The number of rotatable bonds is 35. The van der Waals surface area contributed by atoms with Crippen molar-refractivity contribution < 1.29 is 140 Å². The van der Waals surface area contributed by atoms with Crippen molar-refractivity contribution in [1.29, 1.82) is 0 Å². The molecule has 16 N–H and O–H groups in total. The number of aliphatic hydroxyl groups is 5. The molecule has 4 saturated heterocycles. The number of halogens is 3. The van der Waals surface area contributed by atoms with E-state index in [1.807, 2.05) is 119 Å². The third-order valence-electron chi connectivity index (χ3n) is 23.9. The number of anilines is 4. The highest BCUT2D eigenvalue weighted by Crippen LogP contribution is 2.49. The van der Waals surface area contributed by atoms with E-state index in [1.165, 1.54) is 32.5 Å². The number of aromatic hydroxyl groups is 3. The number of aliphatic hydroxyl groups excluding tert-OH is 5. The van der Waals surface area contributed by atoms with E-state index >= 15 is 0 Å². The number of nitrogen functional groups attached to an aromatic ring is 2. The van der Waals surface area contributed by atoms with Crippen molar-refractivity contribution in [3.8, 4) is 74.7 Å². The van der Waals surface area contributed by atoms with E-state index in [0.717, 1.165) is 91.1 Å². The SMILES string of the molecule is CC(C)(CO)CO.CN1CCC(N2Cc3cc(N)c(N)cc3C2=O)CC1.COCOc1c(OC)ccc(Br)c1C1OCC(C)(C)CO1.COCOc1c(OC)ccc(NC[C@@H](O)COc2ccc(C)cc2C)c1C1OCC(C)(C)CO1.COc1ccc(Br)c(C2OCC(C)(C)CO2)c1O.COc1ccc(Br)c(C=O)c1O.COc1ccc(NC[C@@H](O)COc2ccc(C)cc2C)c(C=O)c1O.Cc1ccc(OC[C@H](O)CN)c(C)c1. The van der Waals surface area contributed by atoms with Gasteiger partial charge in [0.05, 0.1) is 128 Å². The minimum atomic E-state index is -0.788. The maximum atomic E-state index is 12.5. The van der Waals surface area contributed by atoms with E-state index in [2.05, 4.69) is 118 Å². The molecule has 0 radical (unpaired) electrons. The number of carbonyl (C=O) groups is 3. The topological polar surface area (TPSA) is 488 Å². The zero-order valence-electron chi connectivity index (χ0n) is 90.1. The molecule has 0 aromatic heterocycles. The molecule has 0 aliphatic carbocycles. The van der Waals surface area contributed by atoms with Crippen molar-refractivity contribution in [1.82, 2.24) is 9.80 Å². The van der Waals surface area contributed by atoms with Gasteiger partial charge >= 0.3 is 0 Å². The first-order chi connectivity index (χ1) is 71.1. The average Bonchev–Trinajstić information content (AvgIpc) is 1.47. The number of nitrogens with zero attached hydrogens (tertiary/aromatic N) is 2. The number of nitrogens with two attached hydrogens (primary N) is 3. The van der Waals surface area contributed by atoms with Gasteiger partial charge in [0, 0.05) is 98.5 Å². The third-order valence-corrected chi connectivity index (χ3v) is 26.0. The number of methoxy groups -OCH3 is 7. The summed E-state index contributed by atoms with van der Waals surface area (Å²) >= 11 is 10.1. The number of piperidine rings is 1. The number of aldehydes is 2. The van der Waals surface area contributed by atoms with Gasteiger partial charge in [0.25, 0.3) is 5.91 Å². The first kappa shape index (κ1) is 126. The normalized spacial score (nSPS) is 15.8. The van der Waals surface area contributed by atoms with Crippen LogP contribution in [-0.4, -0.2) is 269 Å². The summed E-state index contributed by atoms with van der Waals surface area (Å²) in [6.45, 7) is 35.8. The summed E-state index contributed by atoms with van der Waals surface area (Å²) in [5, 5.41) is 82.5. The number of ether oxygens (including phenoxy) is 18. The Morgan fingerprint density at radius 3 is 1.20 bits per heavy atom.